The largest absolute Gasteiger partial charge is 0.412 e. The van der Waals surface area contributed by atoms with E-state index in [1.54, 1.807) is 0 Å². The van der Waals surface area contributed by atoms with Gasteiger partial charge >= 0.3 is 0 Å². The van der Waals surface area contributed by atoms with Crippen LogP contribution < -0.4 is 9.80 Å². The molecule has 2 heterocycles. The lowest BCUT2D eigenvalue weighted by atomic mass is 9.77. The molecule has 2 aromatic rings. The molecule has 1 aliphatic carbocycles. The third kappa shape index (κ3) is 4.71. The minimum absolute atomic E-state index is 0.0843. The van der Waals surface area contributed by atoms with Gasteiger partial charge in [0.05, 0.1) is 5.41 Å². The van der Waals surface area contributed by atoms with Gasteiger partial charge in [0.15, 0.2) is 0 Å². The maximum atomic E-state index is 7.12. The quantitative estimate of drug-likeness (QED) is 0.343. The summed E-state index contributed by atoms with van der Waals surface area (Å²) in [5.74, 6) is 10.2. The van der Waals surface area contributed by atoms with Crippen molar-refractivity contribution in [1.29, 1.82) is 0 Å². The fourth-order valence-corrected chi connectivity index (χ4v) is 7.05. The predicted octanol–water partition coefficient (Wildman–Crippen LogP) is 8.20. The molecule has 0 bridgehead atoms. The number of ether oxygens (including phenoxy) is 1. The summed E-state index contributed by atoms with van der Waals surface area (Å²) in [5, 5.41) is 0.808. The van der Waals surface area contributed by atoms with Gasteiger partial charge in [-0.1, -0.05) is 74.0 Å². The maximum Gasteiger partial charge on any atom is 0.222 e. The van der Waals surface area contributed by atoms with Crippen molar-refractivity contribution in [2.24, 2.45) is 0 Å². The molecule has 5 rings (SSSR count). The zero-order valence-electron chi connectivity index (χ0n) is 25.3. The highest BCUT2D eigenvalue weighted by molar-refractivity contribution is 6.32. The number of likely N-dealkylation sites (N-methyl/N-ethyl adjacent to an activating group) is 2. The Hall–Kier alpha value is -4.23. The van der Waals surface area contributed by atoms with E-state index in [0.29, 0.717) is 0 Å². The van der Waals surface area contributed by atoms with E-state index in [9.17, 15) is 0 Å². The van der Waals surface area contributed by atoms with E-state index < -0.39 is 11.1 Å². The highest BCUT2D eigenvalue weighted by Crippen LogP contribution is 2.52. The number of hydrogen-bond donors (Lipinski definition) is 0. The first kappa shape index (κ1) is 29.3. The van der Waals surface area contributed by atoms with Crippen molar-refractivity contribution in [2.75, 3.05) is 23.9 Å². The smallest absolute Gasteiger partial charge is 0.222 e. The number of terminal acetylenes is 1. The summed E-state index contributed by atoms with van der Waals surface area (Å²) < 4.78 is 6.39. The van der Waals surface area contributed by atoms with Crippen molar-refractivity contribution < 1.29 is 4.74 Å². The van der Waals surface area contributed by atoms with Crippen LogP contribution in [-0.4, -0.2) is 19.8 Å². The van der Waals surface area contributed by atoms with Crippen LogP contribution in [0.15, 0.2) is 94.7 Å². The Bertz CT molecular complexity index is 1710. The van der Waals surface area contributed by atoms with Crippen molar-refractivity contribution in [1.82, 2.24) is 0 Å². The minimum atomic E-state index is -0.878. The van der Waals surface area contributed by atoms with Gasteiger partial charge in [-0.05, 0) is 91.5 Å². The molecule has 2 aromatic carbocycles. The summed E-state index contributed by atoms with van der Waals surface area (Å²) in [6.45, 7) is 8.93. The Labute approximate surface area is 256 Å². The summed E-state index contributed by atoms with van der Waals surface area (Å²) in [4.78, 5) is 4.44. The molecular formula is C38H37ClN2O. The SMILES string of the molecule is C#CC#CC#COC1(/C=C/C2=C(Cl)C(=C/C=C3\N(C)c4ccccc4C3(C)C)/CCC2)N(C)c2ccccc2C1(C)C. The van der Waals surface area contributed by atoms with Crippen LogP contribution in [0.4, 0.5) is 11.4 Å². The number of anilines is 2. The van der Waals surface area contributed by atoms with Crippen molar-refractivity contribution in [3.8, 4) is 36.2 Å². The molecule has 0 radical (unpaired) electrons. The van der Waals surface area contributed by atoms with Gasteiger partial charge in [0, 0.05) is 53.5 Å². The molecule has 212 valence electrons. The van der Waals surface area contributed by atoms with Crippen LogP contribution >= 0.6 is 11.6 Å². The van der Waals surface area contributed by atoms with Crippen molar-refractivity contribution in [2.45, 2.75) is 63.5 Å². The normalized spacial score (nSPS) is 23.7. The Kier molecular flexibility index (Phi) is 7.82. The van der Waals surface area contributed by atoms with E-state index in [4.69, 9.17) is 22.8 Å². The fraction of sp³-hybridized carbons (Fsp3) is 0.316. The number of para-hydroxylation sites is 2. The molecule has 3 aliphatic rings. The van der Waals surface area contributed by atoms with Gasteiger partial charge in [-0.25, -0.2) is 0 Å². The number of fused-ring (bicyclic) bond motifs is 2. The van der Waals surface area contributed by atoms with Crippen molar-refractivity contribution >= 4 is 23.0 Å². The fourth-order valence-electron chi connectivity index (χ4n) is 6.74. The highest BCUT2D eigenvalue weighted by atomic mass is 35.5. The lowest BCUT2D eigenvalue weighted by molar-refractivity contribution is 0.0321. The molecular weight excluding hydrogens is 536 g/mol. The number of rotatable bonds is 4. The molecule has 0 spiro atoms. The van der Waals surface area contributed by atoms with E-state index in [0.717, 1.165) is 41.1 Å². The second kappa shape index (κ2) is 11.2. The zero-order valence-corrected chi connectivity index (χ0v) is 26.1. The standard InChI is InChI=1S/C38H37ClN2O/c1-8-9-10-15-27-42-38(37(4,5)31-20-12-14-22-33(31)41(38)7)26-25-29-18-16-17-28(35(29)39)23-24-34-36(2,3)30-19-11-13-21-32(30)40(34)6/h1,11-14,19-26H,16-18H2,2-7H3/b26-25+,28-23+,34-24-. The molecule has 1 atom stereocenters. The predicted molar refractivity (Wildman–Crippen MR) is 176 cm³/mol. The van der Waals surface area contributed by atoms with E-state index >= 15 is 0 Å². The van der Waals surface area contributed by atoms with Gasteiger partial charge in [-0.15, -0.1) is 6.42 Å². The Morgan fingerprint density at radius 3 is 2.26 bits per heavy atom. The zero-order chi connectivity index (χ0) is 30.1. The highest BCUT2D eigenvalue weighted by Gasteiger charge is 2.56. The molecule has 4 heteroatoms. The number of allylic oxidation sites excluding steroid dienone is 7. The number of benzene rings is 2. The molecule has 0 saturated heterocycles. The molecule has 1 unspecified atom stereocenters. The first-order chi connectivity index (χ1) is 20.1. The molecule has 0 fully saturated rings. The van der Waals surface area contributed by atoms with Crippen LogP contribution in [0.1, 0.15) is 58.1 Å². The first-order valence-electron chi connectivity index (χ1n) is 14.4. The van der Waals surface area contributed by atoms with Gasteiger partial charge in [0.2, 0.25) is 5.72 Å². The van der Waals surface area contributed by atoms with Crippen molar-refractivity contribution in [3.63, 3.8) is 0 Å². The van der Waals surface area contributed by atoms with E-state index in [1.165, 1.54) is 22.5 Å². The monoisotopic (exact) mass is 572 g/mol. The lowest BCUT2D eigenvalue weighted by Gasteiger charge is -2.41. The van der Waals surface area contributed by atoms with Gasteiger partial charge in [0.1, 0.15) is 6.11 Å². The first-order valence-corrected chi connectivity index (χ1v) is 14.7. The van der Waals surface area contributed by atoms with Gasteiger partial charge in [-0.2, -0.15) is 0 Å². The molecule has 42 heavy (non-hydrogen) atoms. The number of nitrogens with zero attached hydrogens (tertiary/aromatic N) is 2. The van der Waals surface area contributed by atoms with Crippen LogP contribution in [-0.2, 0) is 15.6 Å². The van der Waals surface area contributed by atoms with Crippen molar-refractivity contribution in [3.05, 3.63) is 106 Å². The average molecular weight is 573 g/mol. The van der Waals surface area contributed by atoms with E-state index in [-0.39, 0.29) is 5.41 Å². The molecule has 0 amide bonds. The van der Waals surface area contributed by atoms with Crippen LogP contribution in [0.25, 0.3) is 0 Å². The molecule has 0 saturated carbocycles. The van der Waals surface area contributed by atoms with Crippen LogP contribution in [0.3, 0.4) is 0 Å². The van der Waals surface area contributed by atoms with Gasteiger partial charge in [-0.3, -0.25) is 0 Å². The minimum Gasteiger partial charge on any atom is -0.412 e. The van der Waals surface area contributed by atoms with E-state index in [2.05, 4.69) is 141 Å². The van der Waals surface area contributed by atoms with Gasteiger partial charge < -0.3 is 14.5 Å². The summed E-state index contributed by atoms with van der Waals surface area (Å²) in [5.41, 5.74) is 7.01. The van der Waals surface area contributed by atoms with Crippen LogP contribution in [0.2, 0.25) is 0 Å². The number of halogens is 1. The van der Waals surface area contributed by atoms with Crippen LogP contribution in [0.5, 0.6) is 0 Å². The summed E-state index contributed by atoms with van der Waals surface area (Å²) in [7, 11) is 4.18. The Balaban J connectivity index is 1.52. The maximum absolute atomic E-state index is 7.12. The number of hydrogen-bond acceptors (Lipinski definition) is 3. The van der Waals surface area contributed by atoms with Crippen LogP contribution in [0, 0.1) is 36.2 Å². The average Bonchev–Trinajstić information content (AvgIpc) is 3.28. The topological polar surface area (TPSA) is 15.7 Å². The second-order valence-electron chi connectivity index (χ2n) is 12.1. The summed E-state index contributed by atoms with van der Waals surface area (Å²) in [6, 6.07) is 17.0. The molecule has 3 nitrogen and oxygen atoms in total. The third-order valence-electron chi connectivity index (χ3n) is 9.14. The lowest BCUT2D eigenvalue weighted by Crippen LogP contribution is -2.54. The third-order valence-corrected chi connectivity index (χ3v) is 9.62. The van der Waals surface area contributed by atoms with Gasteiger partial charge in [0.25, 0.3) is 0 Å². The Morgan fingerprint density at radius 1 is 0.881 bits per heavy atom. The summed E-state index contributed by atoms with van der Waals surface area (Å²) in [6.07, 6.45) is 19.6. The molecule has 0 N–H and O–H groups in total. The Morgan fingerprint density at radius 2 is 1.57 bits per heavy atom. The second-order valence-corrected chi connectivity index (χ2v) is 12.5. The molecule has 0 aromatic heterocycles. The summed E-state index contributed by atoms with van der Waals surface area (Å²) >= 11 is 7.12. The van der Waals surface area contributed by atoms with E-state index in [1.807, 2.05) is 13.1 Å². The molecule has 2 aliphatic heterocycles.